The third-order valence-electron chi connectivity index (χ3n) is 2.82. The first-order valence-corrected chi connectivity index (χ1v) is 5.15. The van der Waals surface area contributed by atoms with Gasteiger partial charge in [-0.3, -0.25) is 4.98 Å². The van der Waals surface area contributed by atoms with Gasteiger partial charge in [-0.15, -0.1) is 0 Å². The molecule has 1 fully saturated rings. The fourth-order valence-corrected chi connectivity index (χ4v) is 1.79. The van der Waals surface area contributed by atoms with Gasteiger partial charge in [0.15, 0.2) is 0 Å². The van der Waals surface area contributed by atoms with Gasteiger partial charge in [0.1, 0.15) is 0 Å². The lowest BCUT2D eigenvalue weighted by atomic mass is 9.99. The van der Waals surface area contributed by atoms with Crippen molar-refractivity contribution in [3.63, 3.8) is 0 Å². The van der Waals surface area contributed by atoms with E-state index in [0.717, 1.165) is 5.92 Å². The molecule has 1 saturated carbocycles. The molecule has 0 amide bonds. The van der Waals surface area contributed by atoms with E-state index in [2.05, 4.69) is 38.0 Å². The zero-order valence-electron chi connectivity index (χ0n) is 8.67. The molecule has 1 aliphatic rings. The van der Waals surface area contributed by atoms with Crippen LogP contribution in [0.3, 0.4) is 0 Å². The van der Waals surface area contributed by atoms with Crippen molar-refractivity contribution >= 4 is 0 Å². The van der Waals surface area contributed by atoms with Crippen LogP contribution in [-0.2, 0) is 0 Å². The molecular formula is C12H17N. The number of hydrogen-bond acceptors (Lipinski definition) is 1. The van der Waals surface area contributed by atoms with E-state index >= 15 is 0 Å². The second-order valence-electron chi connectivity index (χ2n) is 4.37. The number of hydrogen-bond donors (Lipinski definition) is 0. The Kier molecular flexibility index (Phi) is 2.10. The van der Waals surface area contributed by atoms with Crippen LogP contribution in [0.4, 0.5) is 0 Å². The van der Waals surface area contributed by atoms with Crippen molar-refractivity contribution in [2.45, 2.75) is 45.4 Å². The van der Waals surface area contributed by atoms with Gasteiger partial charge in [0.2, 0.25) is 0 Å². The van der Waals surface area contributed by atoms with Gasteiger partial charge in [-0.2, -0.15) is 0 Å². The second-order valence-corrected chi connectivity index (χ2v) is 4.37. The third-order valence-corrected chi connectivity index (χ3v) is 2.82. The average Bonchev–Trinajstić information content (AvgIpc) is 2.87. The minimum absolute atomic E-state index is 0.603. The molecule has 0 spiro atoms. The largest absolute Gasteiger partial charge is 0.261 e. The normalized spacial score (nSPS) is 16.6. The molecule has 0 N–H and O–H groups in total. The van der Waals surface area contributed by atoms with E-state index in [9.17, 15) is 0 Å². The summed E-state index contributed by atoms with van der Waals surface area (Å²) in [6.45, 7) is 6.58. The first kappa shape index (κ1) is 8.74. The molecule has 1 aromatic heterocycles. The molecule has 1 heterocycles. The number of pyridine rings is 1. The molecule has 0 bridgehead atoms. The van der Waals surface area contributed by atoms with E-state index < -0.39 is 0 Å². The van der Waals surface area contributed by atoms with Crippen molar-refractivity contribution in [2.24, 2.45) is 0 Å². The molecule has 70 valence electrons. The van der Waals surface area contributed by atoms with E-state index in [4.69, 9.17) is 0 Å². The molecule has 1 nitrogen and oxygen atoms in total. The van der Waals surface area contributed by atoms with Gasteiger partial charge in [0, 0.05) is 11.9 Å². The van der Waals surface area contributed by atoms with Crippen molar-refractivity contribution in [2.75, 3.05) is 0 Å². The second kappa shape index (κ2) is 3.13. The van der Waals surface area contributed by atoms with Crippen molar-refractivity contribution in [3.8, 4) is 0 Å². The lowest BCUT2D eigenvalue weighted by Gasteiger charge is -2.10. The average molecular weight is 175 g/mol. The van der Waals surface area contributed by atoms with Crippen molar-refractivity contribution in [1.29, 1.82) is 0 Å². The molecule has 13 heavy (non-hydrogen) atoms. The zero-order chi connectivity index (χ0) is 9.42. The van der Waals surface area contributed by atoms with Crippen LogP contribution in [0.15, 0.2) is 12.3 Å². The van der Waals surface area contributed by atoms with Crippen molar-refractivity contribution < 1.29 is 0 Å². The Balaban J connectivity index is 2.36. The molecular weight excluding hydrogens is 158 g/mol. The monoisotopic (exact) mass is 175 g/mol. The summed E-state index contributed by atoms with van der Waals surface area (Å²) in [7, 11) is 0. The van der Waals surface area contributed by atoms with Crippen LogP contribution in [0.2, 0.25) is 0 Å². The maximum Gasteiger partial charge on any atom is 0.0407 e. The highest BCUT2D eigenvalue weighted by molar-refractivity contribution is 5.31. The van der Waals surface area contributed by atoms with Gasteiger partial charge in [-0.1, -0.05) is 19.9 Å². The standard InChI is InChI=1S/C12H17N/c1-8(2)12-6-11(10-4-5-10)7-13-9(12)3/h6-8,10H,4-5H2,1-3H3. The Morgan fingerprint density at radius 1 is 1.38 bits per heavy atom. The lowest BCUT2D eigenvalue weighted by Crippen LogP contribution is -1.96. The first-order valence-electron chi connectivity index (χ1n) is 5.15. The molecule has 1 aromatic rings. The summed E-state index contributed by atoms with van der Waals surface area (Å²) in [5, 5.41) is 0. The van der Waals surface area contributed by atoms with Gasteiger partial charge >= 0.3 is 0 Å². The summed E-state index contributed by atoms with van der Waals surface area (Å²) in [6.07, 6.45) is 4.78. The first-order chi connectivity index (χ1) is 6.18. The fraction of sp³-hybridized carbons (Fsp3) is 0.583. The molecule has 2 rings (SSSR count). The minimum Gasteiger partial charge on any atom is -0.261 e. The maximum absolute atomic E-state index is 4.46. The number of aromatic nitrogens is 1. The zero-order valence-corrected chi connectivity index (χ0v) is 8.67. The molecule has 0 aliphatic heterocycles. The van der Waals surface area contributed by atoms with Crippen LogP contribution in [0.1, 0.15) is 55.3 Å². The van der Waals surface area contributed by atoms with Gasteiger partial charge in [0.05, 0.1) is 0 Å². The van der Waals surface area contributed by atoms with Crippen molar-refractivity contribution in [3.05, 3.63) is 29.1 Å². The Hall–Kier alpha value is -0.850. The molecule has 0 aromatic carbocycles. The third kappa shape index (κ3) is 1.74. The minimum atomic E-state index is 0.603. The summed E-state index contributed by atoms with van der Waals surface area (Å²) in [5.74, 6) is 1.43. The van der Waals surface area contributed by atoms with E-state index in [-0.39, 0.29) is 0 Å². The molecule has 1 heteroatoms. The Labute approximate surface area is 80.2 Å². The summed E-state index contributed by atoms with van der Waals surface area (Å²) in [4.78, 5) is 4.46. The molecule has 0 radical (unpaired) electrons. The van der Waals surface area contributed by atoms with Crippen LogP contribution < -0.4 is 0 Å². The van der Waals surface area contributed by atoms with Gasteiger partial charge in [-0.25, -0.2) is 0 Å². The van der Waals surface area contributed by atoms with Crippen LogP contribution in [0.25, 0.3) is 0 Å². The molecule has 1 aliphatic carbocycles. The highest BCUT2D eigenvalue weighted by atomic mass is 14.7. The number of nitrogens with zero attached hydrogens (tertiary/aromatic N) is 1. The van der Waals surface area contributed by atoms with E-state index in [1.807, 2.05) is 0 Å². The smallest absolute Gasteiger partial charge is 0.0407 e. The van der Waals surface area contributed by atoms with E-state index in [0.29, 0.717) is 5.92 Å². The Bertz CT molecular complexity index is 311. The predicted molar refractivity (Wildman–Crippen MR) is 55.0 cm³/mol. The van der Waals surface area contributed by atoms with E-state index in [1.165, 1.54) is 29.7 Å². The Morgan fingerprint density at radius 3 is 2.62 bits per heavy atom. The summed E-state index contributed by atoms with van der Waals surface area (Å²) in [6, 6.07) is 2.35. The highest BCUT2D eigenvalue weighted by Gasteiger charge is 2.24. The van der Waals surface area contributed by atoms with Crippen LogP contribution >= 0.6 is 0 Å². The van der Waals surface area contributed by atoms with Crippen LogP contribution in [-0.4, -0.2) is 4.98 Å². The molecule has 0 saturated heterocycles. The van der Waals surface area contributed by atoms with E-state index in [1.54, 1.807) is 0 Å². The number of rotatable bonds is 2. The topological polar surface area (TPSA) is 12.9 Å². The summed E-state index contributed by atoms with van der Waals surface area (Å²) in [5.41, 5.74) is 4.07. The molecule has 0 unspecified atom stereocenters. The lowest BCUT2D eigenvalue weighted by molar-refractivity contribution is 0.835. The Morgan fingerprint density at radius 2 is 2.08 bits per heavy atom. The van der Waals surface area contributed by atoms with Crippen molar-refractivity contribution in [1.82, 2.24) is 4.98 Å². The summed E-state index contributed by atoms with van der Waals surface area (Å²) < 4.78 is 0. The number of aryl methyl sites for hydroxylation is 1. The van der Waals surface area contributed by atoms with Crippen LogP contribution in [0, 0.1) is 6.92 Å². The fourth-order valence-electron chi connectivity index (χ4n) is 1.79. The molecule has 0 atom stereocenters. The van der Waals surface area contributed by atoms with Gasteiger partial charge < -0.3 is 0 Å². The highest BCUT2D eigenvalue weighted by Crippen LogP contribution is 2.40. The SMILES string of the molecule is Cc1ncc(C2CC2)cc1C(C)C. The summed E-state index contributed by atoms with van der Waals surface area (Å²) >= 11 is 0. The predicted octanol–water partition coefficient (Wildman–Crippen LogP) is 3.39. The quantitative estimate of drug-likeness (QED) is 0.671. The maximum atomic E-state index is 4.46. The van der Waals surface area contributed by atoms with Gasteiger partial charge in [-0.05, 0) is 42.7 Å². The van der Waals surface area contributed by atoms with Crippen LogP contribution in [0.5, 0.6) is 0 Å². The van der Waals surface area contributed by atoms with Gasteiger partial charge in [0.25, 0.3) is 0 Å².